The number of hydrogen-bond donors (Lipinski definition) is 2. The molecule has 0 radical (unpaired) electrons. The zero-order valence-electron chi connectivity index (χ0n) is 9.15. The van der Waals surface area contributed by atoms with Crippen LogP contribution in [0, 0.1) is 0 Å². The van der Waals surface area contributed by atoms with Crippen molar-refractivity contribution in [2.75, 3.05) is 11.1 Å². The monoisotopic (exact) mass is 281 g/mol. The molecule has 0 saturated carbocycles. The summed E-state index contributed by atoms with van der Waals surface area (Å²) in [5, 5.41) is 3.50. The van der Waals surface area contributed by atoms with Crippen molar-refractivity contribution in [2.24, 2.45) is 0 Å². The topological polar surface area (TPSA) is 68.0 Å². The van der Waals surface area contributed by atoms with Crippen LogP contribution in [0.4, 0.5) is 11.4 Å². The van der Waals surface area contributed by atoms with Gasteiger partial charge in [-0.3, -0.25) is 9.78 Å². The molecule has 0 bridgehead atoms. The van der Waals surface area contributed by atoms with E-state index in [1.807, 2.05) is 0 Å². The van der Waals surface area contributed by atoms with Crippen LogP contribution in [0.3, 0.4) is 0 Å². The van der Waals surface area contributed by atoms with Crippen LogP contribution >= 0.6 is 23.2 Å². The Bertz CT molecular complexity index is 602. The van der Waals surface area contributed by atoms with Crippen molar-refractivity contribution in [1.29, 1.82) is 0 Å². The molecule has 4 nitrogen and oxygen atoms in total. The van der Waals surface area contributed by atoms with Gasteiger partial charge in [-0.25, -0.2) is 0 Å². The van der Waals surface area contributed by atoms with E-state index in [-0.39, 0.29) is 5.91 Å². The first kappa shape index (κ1) is 12.7. The third kappa shape index (κ3) is 2.72. The summed E-state index contributed by atoms with van der Waals surface area (Å²) < 4.78 is 0. The molecule has 1 aromatic carbocycles. The first-order valence-electron chi connectivity index (χ1n) is 5.04. The Labute approximate surface area is 114 Å². The number of pyridine rings is 1. The van der Waals surface area contributed by atoms with Crippen LogP contribution in [0.25, 0.3) is 0 Å². The first-order valence-corrected chi connectivity index (χ1v) is 5.79. The van der Waals surface area contributed by atoms with Crippen molar-refractivity contribution in [3.63, 3.8) is 0 Å². The minimum atomic E-state index is -0.371. The largest absolute Gasteiger partial charge is 0.398 e. The lowest BCUT2D eigenvalue weighted by atomic mass is 10.2. The summed E-state index contributed by atoms with van der Waals surface area (Å²) in [6.07, 6.45) is 2.91. The van der Waals surface area contributed by atoms with Crippen LogP contribution in [-0.4, -0.2) is 10.9 Å². The number of halogens is 2. The molecule has 1 heterocycles. The lowest BCUT2D eigenvalue weighted by Crippen LogP contribution is -2.14. The van der Waals surface area contributed by atoms with E-state index >= 15 is 0 Å². The third-order valence-corrected chi connectivity index (χ3v) is 2.83. The van der Waals surface area contributed by atoms with Crippen LogP contribution in [0.2, 0.25) is 10.0 Å². The van der Waals surface area contributed by atoms with Gasteiger partial charge < -0.3 is 11.1 Å². The maximum Gasteiger partial charge on any atom is 0.259 e. The van der Waals surface area contributed by atoms with Gasteiger partial charge in [-0.05, 0) is 24.3 Å². The van der Waals surface area contributed by atoms with Gasteiger partial charge in [0.25, 0.3) is 5.91 Å². The van der Waals surface area contributed by atoms with Gasteiger partial charge in [0, 0.05) is 23.1 Å². The lowest BCUT2D eigenvalue weighted by molar-refractivity contribution is 0.102. The summed E-state index contributed by atoms with van der Waals surface area (Å²) in [5.41, 5.74) is 6.80. The average Bonchev–Trinajstić information content (AvgIpc) is 2.33. The first-order chi connectivity index (χ1) is 8.58. The maximum absolute atomic E-state index is 11.9. The Balaban J connectivity index is 2.24. The Morgan fingerprint density at radius 3 is 2.72 bits per heavy atom. The molecule has 2 rings (SSSR count). The number of carbonyl (C=O) groups excluding carboxylic acids is 1. The number of nitrogens with two attached hydrogens (primary N) is 1. The molecule has 6 heteroatoms. The molecule has 18 heavy (non-hydrogen) atoms. The number of nitrogens with zero attached hydrogens (tertiary/aromatic N) is 1. The van der Waals surface area contributed by atoms with Crippen molar-refractivity contribution in [3.05, 3.63) is 52.3 Å². The molecule has 0 aliphatic heterocycles. The van der Waals surface area contributed by atoms with Crippen molar-refractivity contribution in [2.45, 2.75) is 0 Å². The standard InChI is InChI=1S/C12H9Cl2N3O/c13-7-1-2-11(9(14)5-7)17-12(18)8-6-16-4-3-10(8)15/h1-6H,(H2,15,16)(H,17,18). The molecule has 3 N–H and O–H groups in total. The highest BCUT2D eigenvalue weighted by molar-refractivity contribution is 6.36. The average molecular weight is 282 g/mol. The SMILES string of the molecule is Nc1ccncc1C(=O)Nc1ccc(Cl)cc1Cl. The predicted octanol–water partition coefficient (Wildman–Crippen LogP) is 3.22. The highest BCUT2D eigenvalue weighted by Crippen LogP contribution is 2.26. The molecule has 0 spiro atoms. The van der Waals surface area contributed by atoms with Crippen LogP contribution in [0.5, 0.6) is 0 Å². The molecule has 0 atom stereocenters. The van der Waals surface area contributed by atoms with Crippen molar-refractivity contribution in [1.82, 2.24) is 4.98 Å². The van der Waals surface area contributed by atoms with E-state index in [4.69, 9.17) is 28.9 Å². The molecular formula is C12H9Cl2N3O. The Kier molecular flexibility index (Phi) is 3.69. The van der Waals surface area contributed by atoms with Crippen molar-refractivity contribution < 1.29 is 4.79 Å². The Morgan fingerprint density at radius 2 is 2.06 bits per heavy atom. The molecule has 92 valence electrons. The smallest absolute Gasteiger partial charge is 0.259 e. The highest BCUT2D eigenvalue weighted by Gasteiger charge is 2.11. The number of carbonyl (C=O) groups is 1. The fourth-order valence-electron chi connectivity index (χ4n) is 1.38. The molecule has 0 fully saturated rings. The van der Waals surface area contributed by atoms with Crippen LogP contribution in [-0.2, 0) is 0 Å². The van der Waals surface area contributed by atoms with Gasteiger partial charge in [0.2, 0.25) is 0 Å². The van der Waals surface area contributed by atoms with Gasteiger partial charge in [-0.1, -0.05) is 23.2 Å². The van der Waals surface area contributed by atoms with Crippen molar-refractivity contribution in [3.8, 4) is 0 Å². The Hall–Kier alpha value is -1.78. The molecule has 0 unspecified atom stereocenters. The number of aromatic nitrogens is 1. The van der Waals surface area contributed by atoms with E-state index in [1.54, 1.807) is 24.3 Å². The van der Waals surface area contributed by atoms with Gasteiger partial charge in [0.15, 0.2) is 0 Å². The second-order valence-corrected chi connectivity index (χ2v) is 4.38. The summed E-state index contributed by atoms with van der Waals surface area (Å²) in [6, 6.07) is 6.36. The summed E-state index contributed by atoms with van der Waals surface area (Å²) in [5.74, 6) is -0.371. The lowest BCUT2D eigenvalue weighted by Gasteiger charge is -2.08. The van der Waals surface area contributed by atoms with E-state index in [0.29, 0.717) is 27.0 Å². The normalized spacial score (nSPS) is 10.1. The van der Waals surface area contributed by atoms with Crippen molar-refractivity contribution >= 4 is 40.5 Å². The number of rotatable bonds is 2. The van der Waals surface area contributed by atoms with Gasteiger partial charge in [-0.15, -0.1) is 0 Å². The minimum absolute atomic E-state index is 0.295. The highest BCUT2D eigenvalue weighted by atomic mass is 35.5. The van der Waals surface area contributed by atoms with E-state index in [2.05, 4.69) is 10.3 Å². The van der Waals surface area contributed by atoms with Gasteiger partial charge in [0.05, 0.1) is 16.3 Å². The van der Waals surface area contributed by atoms with Gasteiger partial charge in [-0.2, -0.15) is 0 Å². The summed E-state index contributed by atoms with van der Waals surface area (Å²) in [6.45, 7) is 0. The van der Waals surface area contributed by atoms with E-state index in [1.165, 1.54) is 12.4 Å². The molecule has 0 aliphatic carbocycles. The molecule has 0 saturated heterocycles. The summed E-state index contributed by atoms with van der Waals surface area (Å²) >= 11 is 11.7. The van der Waals surface area contributed by atoms with Gasteiger partial charge >= 0.3 is 0 Å². The number of anilines is 2. The number of nitrogen functional groups attached to an aromatic ring is 1. The van der Waals surface area contributed by atoms with Gasteiger partial charge in [0.1, 0.15) is 0 Å². The minimum Gasteiger partial charge on any atom is -0.398 e. The molecule has 0 aliphatic rings. The summed E-state index contributed by atoms with van der Waals surface area (Å²) in [4.78, 5) is 15.8. The van der Waals surface area contributed by atoms with Crippen LogP contribution in [0.1, 0.15) is 10.4 Å². The molecule has 2 aromatic rings. The Morgan fingerprint density at radius 1 is 1.28 bits per heavy atom. The zero-order chi connectivity index (χ0) is 13.1. The fraction of sp³-hybridized carbons (Fsp3) is 0. The number of hydrogen-bond acceptors (Lipinski definition) is 3. The van der Waals surface area contributed by atoms with Crippen LogP contribution < -0.4 is 11.1 Å². The zero-order valence-corrected chi connectivity index (χ0v) is 10.7. The second-order valence-electron chi connectivity index (χ2n) is 3.54. The predicted molar refractivity (Wildman–Crippen MR) is 73.1 cm³/mol. The maximum atomic E-state index is 11.9. The van der Waals surface area contributed by atoms with E-state index in [0.717, 1.165) is 0 Å². The molecule has 1 amide bonds. The van der Waals surface area contributed by atoms with E-state index in [9.17, 15) is 4.79 Å². The number of nitrogens with one attached hydrogen (secondary N) is 1. The molecule has 1 aromatic heterocycles. The number of amides is 1. The fourth-order valence-corrected chi connectivity index (χ4v) is 1.83. The quantitative estimate of drug-likeness (QED) is 0.888. The summed E-state index contributed by atoms with van der Waals surface area (Å²) in [7, 11) is 0. The van der Waals surface area contributed by atoms with Crippen LogP contribution in [0.15, 0.2) is 36.7 Å². The molecular weight excluding hydrogens is 273 g/mol. The third-order valence-electron chi connectivity index (χ3n) is 2.28. The van der Waals surface area contributed by atoms with E-state index < -0.39 is 0 Å². The number of benzene rings is 1. The second kappa shape index (κ2) is 5.25.